The van der Waals surface area contributed by atoms with E-state index in [0.717, 1.165) is 16.0 Å². The molecule has 3 aromatic rings. The zero-order chi connectivity index (χ0) is 16.1. The van der Waals surface area contributed by atoms with Gasteiger partial charge in [0.05, 0.1) is 6.21 Å². The van der Waals surface area contributed by atoms with Gasteiger partial charge in [0.2, 0.25) is 0 Å². The zero-order valence-corrected chi connectivity index (χ0v) is 13.5. The molecule has 23 heavy (non-hydrogen) atoms. The van der Waals surface area contributed by atoms with Crippen molar-refractivity contribution in [2.75, 3.05) is 5.32 Å². The second kappa shape index (κ2) is 7.07. The molecule has 0 spiro atoms. The zero-order valence-electron chi connectivity index (χ0n) is 12.7. The lowest BCUT2D eigenvalue weighted by Gasteiger charge is -2.14. The van der Waals surface area contributed by atoms with Gasteiger partial charge in [-0.05, 0) is 41.3 Å². The highest BCUT2D eigenvalue weighted by molar-refractivity contribution is 7.11. The van der Waals surface area contributed by atoms with Gasteiger partial charge in [0.15, 0.2) is 0 Å². The number of carbonyl (C=O) groups excluding carboxylic acids is 1. The first kappa shape index (κ1) is 15.2. The molecule has 0 aliphatic rings. The van der Waals surface area contributed by atoms with Crippen molar-refractivity contribution in [2.24, 2.45) is 5.10 Å². The van der Waals surface area contributed by atoms with E-state index in [9.17, 15) is 4.79 Å². The minimum atomic E-state index is -0.378. The maximum atomic E-state index is 12.1. The SMILES string of the molecule is CC(Nc1ccc2ccccc2c1)C(=O)N/N=C/c1cccs1. The Morgan fingerprint density at radius 2 is 1.96 bits per heavy atom. The molecule has 1 amide bonds. The Hall–Kier alpha value is -2.66. The molecular formula is C18H17N3OS. The first-order chi connectivity index (χ1) is 11.2. The average molecular weight is 323 g/mol. The molecule has 116 valence electrons. The van der Waals surface area contributed by atoms with Crippen LogP contribution in [0.5, 0.6) is 0 Å². The normalized spacial score (nSPS) is 12.4. The lowest BCUT2D eigenvalue weighted by atomic mass is 10.1. The maximum absolute atomic E-state index is 12.1. The number of amides is 1. The molecule has 0 bridgehead atoms. The average Bonchev–Trinajstić information content (AvgIpc) is 3.08. The van der Waals surface area contributed by atoms with Crippen LogP contribution in [0.2, 0.25) is 0 Å². The van der Waals surface area contributed by atoms with Crippen LogP contribution in [0.1, 0.15) is 11.8 Å². The summed E-state index contributed by atoms with van der Waals surface area (Å²) < 4.78 is 0. The molecule has 1 aromatic heterocycles. The lowest BCUT2D eigenvalue weighted by molar-refractivity contribution is -0.121. The van der Waals surface area contributed by atoms with Gasteiger partial charge in [-0.25, -0.2) is 5.43 Å². The second-order valence-electron chi connectivity index (χ2n) is 5.18. The predicted octanol–water partition coefficient (Wildman–Crippen LogP) is 3.85. The van der Waals surface area contributed by atoms with E-state index in [4.69, 9.17) is 0 Å². The van der Waals surface area contributed by atoms with E-state index in [1.165, 1.54) is 5.39 Å². The minimum Gasteiger partial charge on any atom is -0.374 e. The Kier molecular flexibility index (Phi) is 4.68. The molecule has 2 N–H and O–H groups in total. The van der Waals surface area contributed by atoms with Crippen LogP contribution in [-0.2, 0) is 4.79 Å². The molecule has 0 radical (unpaired) electrons. The Morgan fingerprint density at radius 1 is 1.13 bits per heavy atom. The van der Waals surface area contributed by atoms with Gasteiger partial charge in [-0.1, -0.05) is 36.4 Å². The fraction of sp³-hybridized carbons (Fsp3) is 0.111. The van der Waals surface area contributed by atoms with Crippen molar-refractivity contribution in [1.29, 1.82) is 0 Å². The molecule has 1 atom stereocenters. The third-order valence-electron chi connectivity index (χ3n) is 3.44. The van der Waals surface area contributed by atoms with Crippen molar-refractivity contribution in [3.8, 4) is 0 Å². The van der Waals surface area contributed by atoms with Gasteiger partial charge in [-0.2, -0.15) is 5.10 Å². The minimum absolute atomic E-state index is 0.175. The standard InChI is InChI=1S/C18H17N3OS/c1-13(18(22)21-19-12-17-7-4-10-23-17)20-16-9-8-14-5-2-3-6-15(14)11-16/h2-13,20H,1H3,(H,21,22)/b19-12+. The monoisotopic (exact) mass is 323 g/mol. The number of rotatable bonds is 5. The highest BCUT2D eigenvalue weighted by Gasteiger charge is 2.11. The Morgan fingerprint density at radius 3 is 2.74 bits per heavy atom. The number of benzene rings is 2. The molecule has 4 nitrogen and oxygen atoms in total. The van der Waals surface area contributed by atoms with Crippen LogP contribution in [0.15, 0.2) is 65.1 Å². The molecule has 3 rings (SSSR count). The van der Waals surface area contributed by atoms with Crippen LogP contribution in [0.25, 0.3) is 10.8 Å². The number of nitrogens with one attached hydrogen (secondary N) is 2. The van der Waals surface area contributed by atoms with Crippen molar-refractivity contribution in [3.63, 3.8) is 0 Å². The summed E-state index contributed by atoms with van der Waals surface area (Å²) in [5.74, 6) is -0.175. The first-order valence-electron chi connectivity index (χ1n) is 7.34. The van der Waals surface area contributed by atoms with E-state index in [2.05, 4.69) is 28.0 Å². The van der Waals surface area contributed by atoms with Crippen LogP contribution >= 0.6 is 11.3 Å². The molecular weight excluding hydrogens is 306 g/mol. The summed E-state index contributed by atoms with van der Waals surface area (Å²) >= 11 is 1.57. The molecule has 0 aliphatic carbocycles. The number of carbonyl (C=O) groups is 1. The fourth-order valence-corrected chi connectivity index (χ4v) is 2.80. The topological polar surface area (TPSA) is 53.5 Å². The molecule has 1 heterocycles. The number of hydrazone groups is 1. The molecule has 0 saturated carbocycles. The lowest BCUT2D eigenvalue weighted by Crippen LogP contribution is -2.34. The Balaban J connectivity index is 1.60. The number of thiophene rings is 1. The first-order valence-corrected chi connectivity index (χ1v) is 8.22. The largest absolute Gasteiger partial charge is 0.374 e. The summed E-state index contributed by atoms with van der Waals surface area (Å²) in [6, 6.07) is 17.7. The van der Waals surface area contributed by atoms with Crippen molar-refractivity contribution in [1.82, 2.24) is 5.43 Å². The van der Waals surface area contributed by atoms with Gasteiger partial charge in [-0.3, -0.25) is 4.79 Å². The van der Waals surface area contributed by atoms with E-state index >= 15 is 0 Å². The molecule has 0 saturated heterocycles. The van der Waals surface area contributed by atoms with Gasteiger partial charge in [0, 0.05) is 10.6 Å². The van der Waals surface area contributed by atoms with E-state index in [0.29, 0.717) is 0 Å². The van der Waals surface area contributed by atoms with Crippen molar-refractivity contribution in [3.05, 3.63) is 64.9 Å². The summed E-state index contributed by atoms with van der Waals surface area (Å²) in [6.45, 7) is 1.81. The highest BCUT2D eigenvalue weighted by atomic mass is 32.1. The van der Waals surface area contributed by atoms with Crippen molar-refractivity contribution in [2.45, 2.75) is 13.0 Å². The number of anilines is 1. The van der Waals surface area contributed by atoms with Crippen LogP contribution in [0.4, 0.5) is 5.69 Å². The van der Waals surface area contributed by atoms with Crippen molar-refractivity contribution >= 4 is 39.9 Å². The van der Waals surface area contributed by atoms with Gasteiger partial charge >= 0.3 is 0 Å². The van der Waals surface area contributed by atoms with E-state index in [-0.39, 0.29) is 11.9 Å². The number of hydrogen-bond acceptors (Lipinski definition) is 4. The van der Waals surface area contributed by atoms with Crippen LogP contribution in [0, 0.1) is 0 Å². The molecule has 5 heteroatoms. The second-order valence-corrected chi connectivity index (χ2v) is 6.16. The number of fused-ring (bicyclic) bond motifs is 1. The molecule has 1 unspecified atom stereocenters. The van der Waals surface area contributed by atoms with Crippen LogP contribution < -0.4 is 10.7 Å². The molecule has 0 fully saturated rings. The van der Waals surface area contributed by atoms with Gasteiger partial charge < -0.3 is 5.32 Å². The third kappa shape index (κ3) is 3.96. The van der Waals surface area contributed by atoms with Gasteiger partial charge in [-0.15, -0.1) is 11.3 Å². The Bertz CT molecular complexity index is 827. The van der Waals surface area contributed by atoms with Crippen LogP contribution in [-0.4, -0.2) is 18.2 Å². The molecule has 2 aromatic carbocycles. The maximum Gasteiger partial charge on any atom is 0.262 e. The molecule has 0 aliphatic heterocycles. The number of nitrogens with zero attached hydrogens (tertiary/aromatic N) is 1. The predicted molar refractivity (Wildman–Crippen MR) is 97.1 cm³/mol. The fourth-order valence-electron chi connectivity index (χ4n) is 2.22. The smallest absolute Gasteiger partial charge is 0.262 e. The van der Waals surface area contributed by atoms with E-state index in [1.54, 1.807) is 17.6 Å². The summed E-state index contributed by atoms with van der Waals surface area (Å²) in [6.07, 6.45) is 1.64. The van der Waals surface area contributed by atoms with Crippen molar-refractivity contribution < 1.29 is 4.79 Å². The van der Waals surface area contributed by atoms with E-state index < -0.39 is 0 Å². The van der Waals surface area contributed by atoms with E-state index in [1.807, 2.05) is 54.8 Å². The summed E-state index contributed by atoms with van der Waals surface area (Å²) in [7, 11) is 0. The van der Waals surface area contributed by atoms with Gasteiger partial charge in [0.25, 0.3) is 5.91 Å². The third-order valence-corrected chi connectivity index (χ3v) is 4.24. The summed E-state index contributed by atoms with van der Waals surface area (Å²) in [5.41, 5.74) is 3.46. The highest BCUT2D eigenvalue weighted by Crippen LogP contribution is 2.19. The quantitative estimate of drug-likeness (QED) is 0.553. The Labute approximate surface area is 138 Å². The summed E-state index contributed by atoms with van der Waals surface area (Å²) in [4.78, 5) is 13.1. The van der Waals surface area contributed by atoms with Gasteiger partial charge in [0.1, 0.15) is 6.04 Å². The van der Waals surface area contributed by atoms with Crippen LogP contribution in [0.3, 0.4) is 0 Å². The number of hydrogen-bond donors (Lipinski definition) is 2. The summed E-state index contributed by atoms with van der Waals surface area (Å²) in [5, 5.41) is 11.4.